The van der Waals surface area contributed by atoms with Crippen LogP contribution in [0.4, 0.5) is 13.2 Å². The molecule has 3 heterocycles. The maximum atomic E-state index is 12.9. The number of nitrogens with zero attached hydrogens (tertiary/aromatic N) is 3. The number of aromatic nitrogens is 2. The van der Waals surface area contributed by atoms with Crippen LogP contribution in [-0.4, -0.2) is 39.5 Å². The van der Waals surface area contributed by atoms with Crippen LogP contribution in [0.3, 0.4) is 0 Å². The normalized spacial score (nSPS) is 14.5. The predicted molar refractivity (Wildman–Crippen MR) is 101 cm³/mol. The van der Waals surface area contributed by atoms with Crippen LogP contribution in [0.15, 0.2) is 24.5 Å². The Morgan fingerprint density at radius 2 is 2.10 bits per heavy atom. The zero-order valence-corrected chi connectivity index (χ0v) is 16.7. The summed E-state index contributed by atoms with van der Waals surface area (Å²) in [5, 5.41) is 2.68. The molecule has 0 bridgehead atoms. The van der Waals surface area contributed by atoms with Gasteiger partial charge in [0.2, 0.25) is 11.8 Å². The van der Waals surface area contributed by atoms with Crippen LogP contribution in [0.1, 0.15) is 52.6 Å². The number of pyridine rings is 2. The minimum absolute atomic E-state index is 0.0962. The van der Waals surface area contributed by atoms with Gasteiger partial charge in [0.15, 0.2) is 6.61 Å². The maximum absolute atomic E-state index is 12.9. The second kappa shape index (κ2) is 8.29. The van der Waals surface area contributed by atoms with E-state index in [2.05, 4.69) is 15.3 Å². The summed E-state index contributed by atoms with van der Waals surface area (Å²) in [6, 6.07) is 2.93. The molecule has 0 fully saturated rings. The van der Waals surface area contributed by atoms with E-state index in [0.29, 0.717) is 28.9 Å². The number of hydrogen-bond acceptors (Lipinski definition) is 5. The average Bonchev–Trinajstić information content (AvgIpc) is 3.01. The van der Waals surface area contributed by atoms with Crippen LogP contribution in [0.25, 0.3) is 0 Å². The Bertz CT molecular complexity index is 978. The van der Waals surface area contributed by atoms with Crippen LogP contribution in [0, 0.1) is 6.92 Å². The summed E-state index contributed by atoms with van der Waals surface area (Å²) in [5.41, 5.74) is 3.01. The van der Waals surface area contributed by atoms with E-state index in [0.717, 1.165) is 5.56 Å². The number of hydrogen-bond donors (Lipinski definition) is 1. The summed E-state index contributed by atoms with van der Waals surface area (Å²) < 4.78 is 41.8. The highest BCUT2D eigenvalue weighted by Gasteiger charge is 2.34. The van der Waals surface area contributed by atoms with Crippen molar-refractivity contribution >= 4 is 11.8 Å². The molecule has 0 radical (unpaired) electrons. The van der Waals surface area contributed by atoms with E-state index in [1.807, 2.05) is 6.92 Å². The molecule has 160 valence electrons. The Morgan fingerprint density at radius 1 is 1.37 bits per heavy atom. The first kappa shape index (κ1) is 21.5. The van der Waals surface area contributed by atoms with Crippen molar-refractivity contribution in [2.24, 2.45) is 0 Å². The monoisotopic (exact) mass is 422 g/mol. The maximum Gasteiger partial charge on any atom is 0.422 e. The summed E-state index contributed by atoms with van der Waals surface area (Å²) in [6.07, 6.45) is -1.51. The quantitative estimate of drug-likeness (QED) is 0.774. The number of fused-ring (bicyclic) bond motifs is 1. The van der Waals surface area contributed by atoms with Crippen LogP contribution in [0.2, 0.25) is 0 Å². The van der Waals surface area contributed by atoms with E-state index in [4.69, 9.17) is 4.74 Å². The molecule has 1 unspecified atom stereocenters. The lowest BCUT2D eigenvalue weighted by Gasteiger charge is -2.25. The van der Waals surface area contributed by atoms with Crippen molar-refractivity contribution < 1.29 is 27.5 Å². The summed E-state index contributed by atoms with van der Waals surface area (Å²) in [5.74, 6) is -0.474. The fourth-order valence-electron chi connectivity index (χ4n) is 3.28. The lowest BCUT2D eigenvalue weighted by Crippen LogP contribution is -2.27. The largest absolute Gasteiger partial charge is 0.468 e. The third kappa shape index (κ3) is 4.69. The number of carbonyl (C=O) groups is 2. The van der Waals surface area contributed by atoms with Crippen molar-refractivity contribution in [2.45, 2.75) is 46.1 Å². The molecule has 2 aromatic rings. The van der Waals surface area contributed by atoms with Gasteiger partial charge in [0.1, 0.15) is 0 Å². The van der Waals surface area contributed by atoms with Gasteiger partial charge in [-0.1, -0.05) is 0 Å². The number of alkyl halides is 3. The molecule has 0 aromatic carbocycles. The highest BCUT2D eigenvalue weighted by Crippen LogP contribution is 2.33. The molecular weight excluding hydrogens is 401 g/mol. The number of aryl methyl sites for hydroxylation is 1. The van der Waals surface area contributed by atoms with Crippen LogP contribution >= 0.6 is 0 Å². The van der Waals surface area contributed by atoms with E-state index in [-0.39, 0.29) is 30.3 Å². The Kier molecular flexibility index (Phi) is 5.95. The Labute approximate surface area is 171 Å². The third-order valence-corrected chi connectivity index (χ3v) is 4.84. The van der Waals surface area contributed by atoms with Gasteiger partial charge < -0.3 is 15.0 Å². The average molecular weight is 422 g/mol. The van der Waals surface area contributed by atoms with Gasteiger partial charge in [0, 0.05) is 42.6 Å². The summed E-state index contributed by atoms with van der Waals surface area (Å²) in [6.45, 7) is 3.94. The van der Waals surface area contributed by atoms with Crippen molar-refractivity contribution in [3.8, 4) is 5.88 Å². The fraction of sp³-hybridized carbons (Fsp3) is 0.400. The Morgan fingerprint density at radius 3 is 2.73 bits per heavy atom. The highest BCUT2D eigenvalue weighted by molar-refractivity contribution is 5.98. The minimum atomic E-state index is -4.45. The van der Waals surface area contributed by atoms with Gasteiger partial charge in [-0.2, -0.15) is 13.2 Å². The first-order chi connectivity index (χ1) is 14.1. The Balaban J connectivity index is 1.78. The standard InChI is InChI=1S/C20H21F3N4O3/c1-11-6-14(7-26-18(11)30-10-20(21,22)23)12(2)27-9-16-15(19(27)29)4-5-24-17(16)8-25-13(3)28/h4-7,12H,8-10H2,1-3H3,(H,25,28). The molecule has 30 heavy (non-hydrogen) atoms. The van der Waals surface area contributed by atoms with E-state index >= 15 is 0 Å². The fourth-order valence-corrected chi connectivity index (χ4v) is 3.28. The topological polar surface area (TPSA) is 84.4 Å². The second-order valence-electron chi connectivity index (χ2n) is 7.10. The Hall–Kier alpha value is -3.17. The van der Waals surface area contributed by atoms with Crippen molar-refractivity contribution in [1.82, 2.24) is 20.2 Å². The first-order valence-electron chi connectivity index (χ1n) is 9.25. The zero-order valence-electron chi connectivity index (χ0n) is 16.7. The number of carbonyl (C=O) groups excluding carboxylic acids is 2. The van der Waals surface area contributed by atoms with Crippen LogP contribution in [-0.2, 0) is 17.9 Å². The van der Waals surface area contributed by atoms with Gasteiger partial charge in [0.25, 0.3) is 5.91 Å². The molecule has 7 nitrogen and oxygen atoms in total. The van der Waals surface area contributed by atoms with Crippen molar-refractivity contribution in [3.05, 3.63) is 52.5 Å². The molecule has 1 N–H and O–H groups in total. The number of nitrogens with one attached hydrogen (secondary N) is 1. The zero-order chi connectivity index (χ0) is 22.1. The van der Waals surface area contributed by atoms with Gasteiger partial charge in [-0.05, 0) is 31.5 Å². The predicted octanol–water partition coefficient (Wildman–Crippen LogP) is 3.08. The summed E-state index contributed by atoms with van der Waals surface area (Å²) in [7, 11) is 0. The molecular formula is C20H21F3N4O3. The number of rotatable bonds is 6. The molecule has 0 aliphatic carbocycles. The van der Waals surface area contributed by atoms with Crippen LogP contribution < -0.4 is 10.1 Å². The van der Waals surface area contributed by atoms with Crippen molar-refractivity contribution in [3.63, 3.8) is 0 Å². The molecule has 0 saturated heterocycles. The molecule has 1 atom stereocenters. The SMILES string of the molecule is CC(=O)NCc1nccc2c1CN(C(C)c1cnc(OCC(F)(F)F)c(C)c1)C2=O. The molecule has 0 saturated carbocycles. The number of halogens is 3. The van der Waals surface area contributed by atoms with Gasteiger partial charge in [0.05, 0.1) is 18.3 Å². The lowest BCUT2D eigenvalue weighted by molar-refractivity contribution is -0.154. The number of amides is 2. The van der Waals surface area contributed by atoms with Gasteiger partial charge in [-0.3, -0.25) is 14.6 Å². The smallest absolute Gasteiger partial charge is 0.422 e. The molecule has 1 aliphatic rings. The molecule has 2 aromatic heterocycles. The third-order valence-electron chi connectivity index (χ3n) is 4.84. The summed E-state index contributed by atoms with van der Waals surface area (Å²) in [4.78, 5) is 34.0. The highest BCUT2D eigenvalue weighted by atomic mass is 19.4. The van der Waals surface area contributed by atoms with Crippen molar-refractivity contribution in [1.29, 1.82) is 0 Å². The summed E-state index contributed by atoms with van der Waals surface area (Å²) >= 11 is 0. The minimum Gasteiger partial charge on any atom is -0.468 e. The molecule has 0 spiro atoms. The van der Waals surface area contributed by atoms with Gasteiger partial charge in [-0.15, -0.1) is 0 Å². The lowest BCUT2D eigenvalue weighted by atomic mass is 10.1. The van der Waals surface area contributed by atoms with E-state index < -0.39 is 12.8 Å². The number of ether oxygens (including phenoxy) is 1. The molecule has 3 rings (SSSR count). The van der Waals surface area contributed by atoms with Gasteiger partial charge >= 0.3 is 6.18 Å². The van der Waals surface area contributed by atoms with E-state index in [9.17, 15) is 22.8 Å². The first-order valence-corrected chi connectivity index (χ1v) is 9.25. The molecule has 2 amide bonds. The van der Waals surface area contributed by atoms with Crippen molar-refractivity contribution in [2.75, 3.05) is 6.61 Å². The molecule has 10 heteroatoms. The van der Waals surface area contributed by atoms with Gasteiger partial charge in [-0.25, -0.2) is 4.98 Å². The second-order valence-corrected chi connectivity index (χ2v) is 7.10. The van der Waals surface area contributed by atoms with E-state index in [1.54, 1.807) is 24.0 Å². The van der Waals surface area contributed by atoms with Crippen LogP contribution in [0.5, 0.6) is 5.88 Å². The molecule has 1 aliphatic heterocycles. The van der Waals surface area contributed by atoms with E-state index in [1.165, 1.54) is 19.3 Å².